The second-order valence-corrected chi connectivity index (χ2v) is 3.90. The molecule has 0 heterocycles. The Hall–Kier alpha value is -2.38. The van der Waals surface area contributed by atoms with Gasteiger partial charge in [-0.25, -0.2) is 0 Å². The fourth-order valence-electron chi connectivity index (χ4n) is 1.31. The predicted octanol–water partition coefficient (Wildman–Crippen LogP) is 4.12. The van der Waals surface area contributed by atoms with E-state index in [1.54, 1.807) is 19.9 Å². The fourth-order valence-corrected chi connectivity index (χ4v) is 1.31. The van der Waals surface area contributed by atoms with Crippen LogP contribution >= 0.6 is 0 Å². The van der Waals surface area contributed by atoms with Gasteiger partial charge in [-0.2, -0.15) is 0 Å². The molecule has 0 aliphatic rings. The number of methoxy groups -OCH3 is 1. The Morgan fingerprint density at radius 2 is 1.83 bits per heavy atom. The summed E-state index contributed by atoms with van der Waals surface area (Å²) >= 11 is 0. The maximum Gasteiger partial charge on any atom is 0.573 e. The van der Waals surface area contributed by atoms with Crippen LogP contribution in [0.25, 0.3) is 6.08 Å². The molecular weight excluding hydrogens is 327 g/mol. The summed E-state index contributed by atoms with van der Waals surface area (Å²) in [6.45, 7) is 8.34. The molecule has 1 aromatic carbocycles. The highest BCUT2D eigenvalue weighted by molar-refractivity contribution is 5.57. The Morgan fingerprint density at radius 3 is 2.17 bits per heavy atom. The second kappa shape index (κ2) is 13.1. The van der Waals surface area contributed by atoms with E-state index in [0.717, 1.165) is 0 Å². The van der Waals surface area contributed by atoms with Gasteiger partial charge >= 0.3 is 6.36 Å². The molecule has 8 heteroatoms. The van der Waals surface area contributed by atoms with E-state index in [-0.39, 0.29) is 11.5 Å². The first-order chi connectivity index (χ1) is 11.2. The number of rotatable bonds is 5. The number of carbonyl (C=O) groups is 1. The predicted molar refractivity (Wildman–Crippen MR) is 86.6 cm³/mol. The molecule has 0 spiro atoms. The largest absolute Gasteiger partial charge is 0.573 e. The average molecular weight is 351 g/mol. The summed E-state index contributed by atoms with van der Waals surface area (Å²) < 4.78 is 49.0. The van der Waals surface area contributed by atoms with Gasteiger partial charge in [0.15, 0.2) is 11.5 Å². The number of allylic oxidation sites excluding steroid dienone is 1. The first-order valence-electron chi connectivity index (χ1n) is 7.16. The number of halogens is 3. The van der Waals surface area contributed by atoms with Crippen molar-refractivity contribution in [3.63, 3.8) is 0 Å². The van der Waals surface area contributed by atoms with Gasteiger partial charge in [-0.15, -0.1) is 13.2 Å². The zero-order chi connectivity index (χ0) is 19.2. The number of benzene rings is 1. The molecule has 5 nitrogen and oxygen atoms in total. The van der Waals surface area contributed by atoms with Gasteiger partial charge in [0.1, 0.15) is 0 Å². The summed E-state index contributed by atoms with van der Waals surface area (Å²) in [4.78, 5) is 9.18. The third kappa shape index (κ3) is 12.2. The minimum Gasteiger partial charge on any atom is -0.493 e. The third-order valence-electron chi connectivity index (χ3n) is 2.04. The van der Waals surface area contributed by atoms with E-state index in [1.165, 1.54) is 25.3 Å². The highest BCUT2D eigenvalue weighted by atomic mass is 19.4. The van der Waals surface area contributed by atoms with Gasteiger partial charge in [0, 0.05) is 5.70 Å². The first kappa shape index (κ1) is 23.9. The van der Waals surface area contributed by atoms with Crippen LogP contribution in [0.1, 0.15) is 33.3 Å². The number of ether oxygens (including phenoxy) is 3. The Labute approximate surface area is 140 Å². The SMILES string of the molecule is CC.CCOC=O.COc1cc(/C=C(/C)N)ccc1OC(F)(F)F. The van der Waals surface area contributed by atoms with E-state index >= 15 is 0 Å². The molecule has 24 heavy (non-hydrogen) atoms. The zero-order valence-corrected chi connectivity index (χ0v) is 14.4. The van der Waals surface area contributed by atoms with Gasteiger partial charge in [0.2, 0.25) is 0 Å². The van der Waals surface area contributed by atoms with Crippen LogP contribution in [0.2, 0.25) is 0 Å². The third-order valence-corrected chi connectivity index (χ3v) is 2.04. The molecule has 0 fully saturated rings. The van der Waals surface area contributed by atoms with E-state index in [0.29, 0.717) is 24.3 Å². The molecule has 0 bridgehead atoms. The minimum absolute atomic E-state index is 0.00248. The zero-order valence-electron chi connectivity index (χ0n) is 14.4. The summed E-state index contributed by atoms with van der Waals surface area (Å²) in [6, 6.07) is 4.05. The number of hydrogen-bond donors (Lipinski definition) is 1. The van der Waals surface area contributed by atoms with Gasteiger partial charge in [-0.3, -0.25) is 4.79 Å². The van der Waals surface area contributed by atoms with Crippen molar-refractivity contribution < 1.29 is 32.2 Å². The molecule has 0 radical (unpaired) electrons. The van der Waals surface area contributed by atoms with Crippen molar-refractivity contribution in [1.29, 1.82) is 0 Å². The Kier molecular flexibility index (Phi) is 13.0. The number of carbonyl (C=O) groups excluding carboxylic acids is 1. The van der Waals surface area contributed by atoms with Crippen molar-refractivity contribution in [2.75, 3.05) is 13.7 Å². The summed E-state index contributed by atoms with van der Waals surface area (Å²) in [6.07, 6.45) is -3.13. The van der Waals surface area contributed by atoms with Gasteiger partial charge < -0.3 is 19.9 Å². The van der Waals surface area contributed by atoms with Crippen LogP contribution in [0.15, 0.2) is 23.9 Å². The molecule has 1 aromatic rings. The van der Waals surface area contributed by atoms with Crippen LogP contribution in [0, 0.1) is 0 Å². The molecule has 138 valence electrons. The van der Waals surface area contributed by atoms with E-state index in [2.05, 4.69) is 9.47 Å². The topological polar surface area (TPSA) is 70.8 Å². The van der Waals surface area contributed by atoms with E-state index in [9.17, 15) is 18.0 Å². The lowest BCUT2D eigenvalue weighted by Gasteiger charge is -2.12. The van der Waals surface area contributed by atoms with Crippen LogP contribution in [0.5, 0.6) is 11.5 Å². The van der Waals surface area contributed by atoms with E-state index < -0.39 is 6.36 Å². The molecule has 1 rings (SSSR count). The molecule has 0 aliphatic carbocycles. The maximum atomic E-state index is 12.1. The number of nitrogens with two attached hydrogens (primary N) is 1. The highest BCUT2D eigenvalue weighted by Crippen LogP contribution is 2.33. The summed E-state index contributed by atoms with van der Waals surface area (Å²) in [5, 5.41) is 0. The lowest BCUT2D eigenvalue weighted by molar-refractivity contribution is -0.275. The van der Waals surface area contributed by atoms with Gasteiger partial charge in [-0.05, 0) is 37.6 Å². The van der Waals surface area contributed by atoms with Crippen molar-refractivity contribution in [1.82, 2.24) is 0 Å². The Balaban J connectivity index is 0. The van der Waals surface area contributed by atoms with Crippen molar-refractivity contribution >= 4 is 12.5 Å². The molecular formula is C16H24F3NO4. The number of hydrogen-bond acceptors (Lipinski definition) is 5. The van der Waals surface area contributed by atoms with Gasteiger partial charge in [-0.1, -0.05) is 19.9 Å². The monoisotopic (exact) mass is 351 g/mol. The minimum atomic E-state index is -4.74. The van der Waals surface area contributed by atoms with Crippen LogP contribution in [0.3, 0.4) is 0 Å². The summed E-state index contributed by atoms with van der Waals surface area (Å²) in [7, 11) is 1.27. The van der Waals surface area contributed by atoms with E-state index in [4.69, 9.17) is 10.5 Å². The molecule has 0 aromatic heterocycles. The molecule has 2 N–H and O–H groups in total. The molecule has 0 unspecified atom stereocenters. The van der Waals surface area contributed by atoms with E-state index in [1.807, 2.05) is 13.8 Å². The van der Waals surface area contributed by atoms with Crippen LogP contribution in [-0.2, 0) is 9.53 Å². The second-order valence-electron chi connectivity index (χ2n) is 3.90. The first-order valence-corrected chi connectivity index (χ1v) is 7.16. The van der Waals surface area contributed by atoms with Crippen molar-refractivity contribution in [2.24, 2.45) is 5.73 Å². The lowest BCUT2D eigenvalue weighted by atomic mass is 10.2. The Bertz CT molecular complexity index is 499. The van der Waals surface area contributed by atoms with Gasteiger partial charge in [0.25, 0.3) is 6.47 Å². The molecule has 0 saturated carbocycles. The van der Waals surface area contributed by atoms with Crippen LogP contribution < -0.4 is 15.2 Å². The fraction of sp³-hybridized carbons (Fsp3) is 0.438. The Morgan fingerprint density at radius 1 is 1.25 bits per heavy atom. The van der Waals surface area contributed by atoms with Gasteiger partial charge in [0.05, 0.1) is 13.7 Å². The standard InChI is InChI=1S/C11H12F3NO2.C3H6O2.C2H6/c1-7(15)5-8-3-4-9(10(6-8)16-2)17-11(12,13)14;1-2-5-3-4;1-2/h3-6H,15H2,1-2H3;3H,2H2,1H3;1-2H3/b7-5-;;. The highest BCUT2D eigenvalue weighted by Gasteiger charge is 2.32. The van der Waals surface area contributed by atoms with Crippen molar-refractivity contribution in [3.8, 4) is 11.5 Å². The lowest BCUT2D eigenvalue weighted by Crippen LogP contribution is -2.17. The smallest absolute Gasteiger partial charge is 0.493 e. The number of alkyl halides is 3. The molecule has 0 atom stereocenters. The average Bonchev–Trinajstić information content (AvgIpc) is 2.50. The van der Waals surface area contributed by atoms with Crippen molar-refractivity contribution in [3.05, 3.63) is 29.5 Å². The normalized spacial score (nSPS) is 10.4. The maximum absolute atomic E-state index is 12.1. The summed E-state index contributed by atoms with van der Waals surface area (Å²) in [5.74, 6) is -0.385. The van der Waals surface area contributed by atoms with Crippen molar-refractivity contribution in [2.45, 2.75) is 34.1 Å². The quantitative estimate of drug-likeness (QED) is 0.808. The molecule has 0 saturated heterocycles. The molecule has 0 aliphatic heterocycles. The van der Waals surface area contributed by atoms with Crippen LogP contribution in [0.4, 0.5) is 13.2 Å². The van der Waals surface area contributed by atoms with Crippen LogP contribution in [-0.4, -0.2) is 26.6 Å². The molecule has 0 amide bonds. The summed E-state index contributed by atoms with van der Waals surface area (Å²) in [5.41, 5.74) is 6.64.